The van der Waals surface area contributed by atoms with E-state index >= 15 is 0 Å². The molecule has 1 rings (SSSR count). The van der Waals surface area contributed by atoms with Gasteiger partial charge < -0.3 is 32.5 Å². The number of aliphatic carboxylic acids is 1. The molecule has 0 bridgehead atoms. The number of carbonyl (C=O) groups is 4. The molecule has 1 aromatic rings. The first-order valence-corrected chi connectivity index (χ1v) is 9.39. The molecule has 2 unspecified atom stereocenters. The Morgan fingerprint density at radius 2 is 1.62 bits per heavy atom. The average Bonchev–Trinajstić information content (AvgIpc) is 2.70. The Morgan fingerprint density at radius 1 is 0.966 bits per heavy atom. The molecule has 0 fully saturated rings. The number of nitrogens with one attached hydrogen (secondary N) is 3. The van der Waals surface area contributed by atoms with Gasteiger partial charge in [-0.15, -0.1) is 0 Å². The van der Waals surface area contributed by atoms with Crippen LogP contribution in [0.25, 0.3) is 0 Å². The van der Waals surface area contributed by atoms with E-state index in [1.807, 2.05) is 6.07 Å². The molecule has 10 heteroatoms. The fourth-order valence-electron chi connectivity index (χ4n) is 2.53. The van der Waals surface area contributed by atoms with Crippen molar-refractivity contribution in [2.24, 2.45) is 11.5 Å². The first-order valence-electron chi connectivity index (χ1n) is 9.39. The van der Waals surface area contributed by atoms with Crippen LogP contribution in [0.4, 0.5) is 0 Å². The minimum absolute atomic E-state index is 0.171. The number of hydrogen-bond donors (Lipinski definition) is 6. The van der Waals surface area contributed by atoms with Crippen molar-refractivity contribution in [2.75, 3.05) is 19.6 Å². The third kappa shape index (κ3) is 10.2. The van der Waals surface area contributed by atoms with Crippen molar-refractivity contribution in [1.82, 2.24) is 16.0 Å². The zero-order valence-corrected chi connectivity index (χ0v) is 16.2. The van der Waals surface area contributed by atoms with Gasteiger partial charge in [0.1, 0.15) is 12.6 Å². The second-order valence-electron chi connectivity index (χ2n) is 6.53. The van der Waals surface area contributed by atoms with Crippen molar-refractivity contribution in [3.8, 4) is 0 Å². The van der Waals surface area contributed by atoms with E-state index < -0.39 is 42.3 Å². The van der Waals surface area contributed by atoms with Crippen molar-refractivity contribution >= 4 is 23.7 Å². The van der Waals surface area contributed by atoms with Crippen LogP contribution in [0.5, 0.6) is 0 Å². The summed E-state index contributed by atoms with van der Waals surface area (Å²) in [4.78, 5) is 47.1. The smallest absolute Gasteiger partial charge is 0.322 e. The molecule has 10 nitrogen and oxygen atoms in total. The molecule has 0 saturated carbocycles. The Balaban J connectivity index is 2.59. The van der Waals surface area contributed by atoms with E-state index in [1.54, 1.807) is 24.3 Å². The molecular formula is C19H29N5O5. The fraction of sp³-hybridized carbons (Fsp3) is 0.474. The van der Waals surface area contributed by atoms with Gasteiger partial charge in [0.05, 0.1) is 12.6 Å². The van der Waals surface area contributed by atoms with Crippen molar-refractivity contribution in [1.29, 1.82) is 0 Å². The summed E-state index contributed by atoms with van der Waals surface area (Å²) in [6, 6.07) is 7.23. The van der Waals surface area contributed by atoms with Crippen LogP contribution < -0.4 is 27.4 Å². The van der Waals surface area contributed by atoms with Crippen molar-refractivity contribution in [3.63, 3.8) is 0 Å². The highest BCUT2D eigenvalue weighted by Crippen LogP contribution is 2.04. The van der Waals surface area contributed by atoms with Crippen molar-refractivity contribution < 1.29 is 24.3 Å². The quantitative estimate of drug-likeness (QED) is 0.215. The van der Waals surface area contributed by atoms with Gasteiger partial charge in [-0.2, -0.15) is 0 Å². The van der Waals surface area contributed by atoms with Crippen LogP contribution in [0.1, 0.15) is 24.8 Å². The minimum atomic E-state index is -1.20. The molecule has 160 valence electrons. The summed E-state index contributed by atoms with van der Waals surface area (Å²) in [5, 5.41) is 15.9. The molecule has 8 N–H and O–H groups in total. The number of benzene rings is 1. The van der Waals surface area contributed by atoms with Gasteiger partial charge >= 0.3 is 5.97 Å². The summed E-state index contributed by atoms with van der Waals surface area (Å²) in [6.07, 6.45) is 2.09. The van der Waals surface area contributed by atoms with Crippen LogP contribution in [-0.2, 0) is 25.6 Å². The second kappa shape index (κ2) is 13.2. The van der Waals surface area contributed by atoms with Gasteiger partial charge in [-0.1, -0.05) is 36.8 Å². The summed E-state index contributed by atoms with van der Waals surface area (Å²) >= 11 is 0. The lowest BCUT2D eigenvalue weighted by atomic mass is 10.1. The standard InChI is InChI=1S/C19H29N5O5/c20-9-5-4-8-14(21)18(28)22-11-16(25)24-15(19(29)23-12-17(26)27)10-13-6-2-1-3-7-13/h1-3,6-7,14-15H,4-5,8-12,20-21H2,(H,22,28)(H,23,29)(H,24,25)(H,26,27). The van der Waals surface area contributed by atoms with Crippen LogP contribution in [0.3, 0.4) is 0 Å². The Morgan fingerprint density at radius 3 is 2.24 bits per heavy atom. The normalized spacial score (nSPS) is 12.5. The molecule has 0 heterocycles. The second-order valence-corrected chi connectivity index (χ2v) is 6.53. The third-order valence-corrected chi connectivity index (χ3v) is 4.08. The number of nitrogens with two attached hydrogens (primary N) is 2. The molecule has 0 aliphatic heterocycles. The molecule has 0 radical (unpaired) electrons. The van der Waals surface area contributed by atoms with Gasteiger partial charge in [0.2, 0.25) is 17.7 Å². The predicted molar refractivity (Wildman–Crippen MR) is 107 cm³/mol. The largest absolute Gasteiger partial charge is 0.480 e. The first-order chi connectivity index (χ1) is 13.8. The summed E-state index contributed by atoms with van der Waals surface area (Å²) in [5.41, 5.74) is 11.9. The Hall–Kier alpha value is -2.98. The van der Waals surface area contributed by atoms with Crippen LogP contribution in [-0.4, -0.2) is 60.5 Å². The lowest BCUT2D eigenvalue weighted by Gasteiger charge is -2.19. The maximum atomic E-state index is 12.3. The van der Waals surface area contributed by atoms with Gasteiger partial charge in [0.25, 0.3) is 0 Å². The highest BCUT2D eigenvalue weighted by atomic mass is 16.4. The average molecular weight is 407 g/mol. The maximum absolute atomic E-state index is 12.3. The minimum Gasteiger partial charge on any atom is -0.480 e. The van der Waals surface area contributed by atoms with E-state index in [2.05, 4.69) is 16.0 Å². The number of hydrogen-bond acceptors (Lipinski definition) is 6. The van der Waals surface area contributed by atoms with E-state index in [0.717, 1.165) is 12.0 Å². The van der Waals surface area contributed by atoms with E-state index in [-0.39, 0.29) is 13.0 Å². The zero-order chi connectivity index (χ0) is 21.6. The molecule has 0 aromatic heterocycles. The molecular weight excluding hydrogens is 378 g/mol. The Bertz CT molecular complexity index is 683. The number of amides is 3. The number of carboxylic acids is 1. The molecule has 0 saturated heterocycles. The molecule has 29 heavy (non-hydrogen) atoms. The summed E-state index contributed by atoms with van der Waals surface area (Å²) in [6.45, 7) is -0.390. The number of carbonyl (C=O) groups excluding carboxylic acids is 3. The zero-order valence-electron chi connectivity index (χ0n) is 16.2. The van der Waals surface area contributed by atoms with Gasteiger partial charge in [-0.05, 0) is 24.9 Å². The van der Waals surface area contributed by atoms with Crippen LogP contribution >= 0.6 is 0 Å². The highest BCUT2D eigenvalue weighted by Gasteiger charge is 2.22. The monoisotopic (exact) mass is 407 g/mol. The Labute approximate surface area is 169 Å². The van der Waals surface area contributed by atoms with Gasteiger partial charge in [-0.3, -0.25) is 19.2 Å². The van der Waals surface area contributed by atoms with E-state index in [0.29, 0.717) is 19.4 Å². The molecule has 0 aliphatic carbocycles. The lowest BCUT2D eigenvalue weighted by molar-refractivity contribution is -0.138. The number of rotatable bonds is 13. The van der Waals surface area contributed by atoms with Crippen molar-refractivity contribution in [2.45, 2.75) is 37.8 Å². The van der Waals surface area contributed by atoms with E-state index in [1.165, 1.54) is 0 Å². The number of carboxylic acid groups (broad SMARTS) is 1. The lowest BCUT2D eigenvalue weighted by Crippen LogP contribution is -2.52. The number of unbranched alkanes of at least 4 members (excludes halogenated alkanes) is 1. The van der Waals surface area contributed by atoms with Crippen LogP contribution in [0.15, 0.2) is 30.3 Å². The maximum Gasteiger partial charge on any atom is 0.322 e. The van der Waals surface area contributed by atoms with Crippen LogP contribution in [0, 0.1) is 0 Å². The van der Waals surface area contributed by atoms with Gasteiger partial charge in [0, 0.05) is 6.42 Å². The molecule has 0 aliphatic rings. The fourth-order valence-corrected chi connectivity index (χ4v) is 2.53. The molecule has 0 spiro atoms. The van der Waals surface area contributed by atoms with Gasteiger partial charge in [0.15, 0.2) is 0 Å². The first kappa shape index (κ1) is 24.1. The van der Waals surface area contributed by atoms with Gasteiger partial charge in [-0.25, -0.2) is 0 Å². The van der Waals surface area contributed by atoms with Crippen molar-refractivity contribution in [3.05, 3.63) is 35.9 Å². The summed E-state index contributed by atoms with van der Waals surface area (Å²) in [5.74, 6) is -2.88. The SMILES string of the molecule is NCCCCC(N)C(=O)NCC(=O)NC(Cc1ccccc1)C(=O)NCC(=O)O. The topological polar surface area (TPSA) is 177 Å². The van der Waals surface area contributed by atoms with Crippen LogP contribution in [0.2, 0.25) is 0 Å². The molecule has 1 aromatic carbocycles. The highest BCUT2D eigenvalue weighted by molar-refractivity contribution is 5.92. The summed E-state index contributed by atoms with van der Waals surface area (Å²) < 4.78 is 0. The van der Waals surface area contributed by atoms with E-state index in [4.69, 9.17) is 16.6 Å². The van der Waals surface area contributed by atoms with E-state index in [9.17, 15) is 19.2 Å². The molecule has 3 amide bonds. The molecule has 2 atom stereocenters. The third-order valence-electron chi connectivity index (χ3n) is 4.08. The predicted octanol–water partition coefficient (Wildman–Crippen LogP) is -1.51. The Kier molecular flexibility index (Phi) is 11.0. The summed E-state index contributed by atoms with van der Waals surface area (Å²) in [7, 11) is 0.